The van der Waals surface area contributed by atoms with Crippen LogP contribution in [0.3, 0.4) is 0 Å². The number of ether oxygens (including phenoxy) is 1. The minimum atomic E-state index is 0.459. The van der Waals surface area contributed by atoms with Crippen LogP contribution in [0.4, 0.5) is 5.82 Å². The molecule has 1 aromatic heterocycles. The molecule has 4 heteroatoms. The lowest BCUT2D eigenvalue weighted by Gasteiger charge is -2.24. The third-order valence-electron chi connectivity index (χ3n) is 2.53. The number of halogens is 1. The highest BCUT2D eigenvalue weighted by atomic mass is 79.9. The standard InChI is InChI=1S/C10H13BrN2O/c1-13(8-4-6-14-7-8)10-9(11)3-2-5-12-10/h2-3,5,8H,4,6-7H2,1H3. The smallest absolute Gasteiger partial charge is 0.142 e. The molecule has 1 unspecified atom stereocenters. The van der Waals surface area contributed by atoms with E-state index in [-0.39, 0.29) is 0 Å². The summed E-state index contributed by atoms with van der Waals surface area (Å²) < 4.78 is 6.39. The summed E-state index contributed by atoms with van der Waals surface area (Å²) >= 11 is 3.50. The van der Waals surface area contributed by atoms with Gasteiger partial charge in [0.1, 0.15) is 5.82 Å². The van der Waals surface area contributed by atoms with Crippen molar-refractivity contribution in [2.75, 3.05) is 25.2 Å². The van der Waals surface area contributed by atoms with E-state index in [0.717, 1.165) is 29.9 Å². The molecule has 2 heterocycles. The van der Waals surface area contributed by atoms with E-state index >= 15 is 0 Å². The number of pyridine rings is 1. The van der Waals surface area contributed by atoms with Crippen molar-refractivity contribution in [3.63, 3.8) is 0 Å². The van der Waals surface area contributed by atoms with Crippen molar-refractivity contribution in [2.45, 2.75) is 12.5 Å². The van der Waals surface area contributed by atoms with Gasteiger partial charge >= 0.3 is 0 Å². The number of hydrogen-bond acceptors (Lipinski definition) is 3. The van der Waals surface area contributed by atoms with E-state index < -0.39 is 0 Å². The Morgan fingerprint density at radius 3 is 3.14 bits per heavy atom. The van der Waals surface area contributed by atoms with Gasteiger partial charge < -0.3 is 9.64 Å². The van der Waals surface area contributed by atoms with E-state index in [1.807, 2.05) is 18.3 Å². The topological polar surface area (TPSA) is 25.4 Å². The third-order valence-corrected chi connectivity index (χ3v) is 3.15. The summed E-state index contributed by atoms with van der Waals surface area (Å²) in [6.07, 6.45) is 2.89. The summed E-state index contributed by atoms with van der Waals surface area (Å²) in [7, 11) is 2.06. The zero-order valence-corrected chi connectivity index (χ0v) is 9.70. The van der Waals surface area contributed by atoms with Gasteiger partial charge in [-0.05, 0) is 34.5 Å². The normalized spacial score (nSPS) is 21.1. The van der Waals surface area contributed by atoms with Crippen LogP contribution in [0.1, 0.15) is 6.42 Å². The Morgan fingerprint density at radius 2 is 2.50 bits per heavy atom. The molecule has 1 aromatic rings. The van der Waals surface area contributed by atoms with Gasteiger partial charge in [-0.3, -0.25) is 0 Å². The Labute approximate surface area is 92.2 Å². The number of rotatable bonds is 2. The molecule has 3 nitrogen and oxygen atoms in total. The molecule has 14 heavy (non-hydrogen) atoms. The molecule has 0 bridgehead atoms. The van der Waals surface area contributed by atoms with Gasteiger partial charge in [-0.2, -0.15) is 0 Å². The lowest BCUT2D eigenvalue weighted by Crippen LogP contribution is -2.32. The maximum Gasteiger partial charge on any atom is 0.142 e. The van der Waals surface area contributed by atoms with E-state index in [1.165, 1.54) is 0 Å². The van der Waals surface area contributed by atoms with Crippen LogP contribution < -0.4 is 4.90 Å². The Kier molecular flexibility index (Phi) is 3.03. The number of nitrogens with zero attached hydrogens (tertiary/aromatic N) is 2. The summed E-state index contributed by atoms with van der Waals surface area (Å²) in [4.78, 5) is 6.52. The Bertz CT molecular complexity index is 313. The summed E-state index contributed by atoms with van der Waals surface area (Å²) in [5, 5.41) is 0. The van der Waals surface area contributed by atoms with Gasteiger partial charge in [0, 0.05) is 19.9 Å². The molecule has 1 atom stereocenters. The van der Waals surface area contributed by atoms with Gasteiger partial charge in [0.25, 0.3) is 0 Å². The number of likely N-dealkylation sites (N-methyl/N-ethyl adjacent to an activating group) is 1. The highest BCUT2D eigenvalue weighted by Gasteiger charge is 2.22. The van der Waals surface area contributed by atoms with E-state index in [1.54, 1.807) is 0 Å². The molecule has 0 spiro atoms. The van der Waals surface area contributed by atoms with E-state index in [0.29, 0.717) is 6.04 Å². The molecule has 1 saturated heterocycles. The monoisotopic (exact) mass is 256 g/mol. The molecule has 0 amide bonds. The first-order chi connectivity index (χ1) is 6.79. The molecular weight excluding hydrogens is 244 g/mol. The molecule has 1 fully saturated rings. The first kappa shape index (κ1) is 9.93. The fourth-order valence-electron chi connectivity index (χ4n) is 1.64. The third kappa shape index (κ3) is 1.91. The van der Waals surface area contributed by atoms with Crippen molar-refractivity contribution in [3.8, 4) is 0 Å². The van der Waals surface area contributed by atoms with Crippen LogP contribution in [0.25, 0.3) is 0 Å². The summed E-state index contributed by atoms with van der Waals surface area (Å²) in [6.45, 7) is 1.67. The van der Waals surface area contributed by atoms with Crippen LogP contribution in [0.15, 0.2) is 22.8 Å². The zero-order valence-electron chi connectivity index (χ0n) is 8.11. The van der Waals surface area contributed by atoms with Crippen molar-refractivity contribution in [1.29, 1.82) is 0 Å². The number of anilines is 1. The molecule has 1 aliphatic heterocycles. The molecule has 0 aliphatic carbocycles. The predicted molar refractivity (Wildman–Crippen MR) is 59.6 cm³/mol. The molecule has 2 rings (SSSR count). The lowest BCUT2D eigenvalue weighted by molar-refractivity contribution is 0.193. The predicted octanol–water partition coefficient (Wildman–Crippen LogP) is 2.07. The summed E-state index contributed by atoms with van der Waals surface area (Å²) in [5.74, 6) is 0.989. The van der Waals surface area contributed by atoms with Crippen molar-refractivity contribution >= 4 is 21.7 Å². The van der Waals surface area contributed by atoms with Crippen molar-refractivity contribution in [3.05, 3.63) is 22.8 Å². The SMILES string of the molecule is CN(c1ncccc1Br)C1CCOC1. The first-order valence-corrected chi connectivity index (χ1v) is 5.49. The molecule has 0 N–H and O–H groups in total. The first-order valence-electron chi connectivity index (χ1n) is 4.70. The Morgan fingerprint density at radius 1 is 1.64 bits per heavy atom. The molecule has 0 radical (unpaired) electrons. The van der Waals surface area contributed by atoms with Crippen LogP contribution in [0.2, 0.25) is 0 Å². The minimum Gasteiger partial charge on any atom is -0.379 e. The number of hydrogen-bond donors (Lipinski definition) is 0. The van der Waals surface area contributed by atoms with Crippen LogP contribution in [-0.4, -0.2) is 31.3 Å². The van der Waals surface area contributed by atoms with Gasteiger partial charge in [-0.25, -0.2) is 4.98 Å². The molecule has 0 saturated carbocycles. The average Bonchev–Trinajstić information content (AvgIpc) is 2.70. The fraction of sp³-hybridized carbons (Fsp3) is 0.500. The molecule has 76 valence electrons. The quantitative estimate of drug-likeness (QED) is 0.811. The van der Waals surface area contributed by atoms with Gasteiger partial charge in [0.15, 0.2) is 0 Å². The summed E-state index contributed by atoms with van der Waals surface area (Å²) in [6, 6.07) is 4.39. The van der Waals surface area contributed by atoms with Crippen LogP contribution in [0.5, 0.6) is 0 Å². The minimum absolute atomic E-state index is 0.459. The maximum absolute atomic E-state index is 5.35. The van der Waals surface area contributed by atoms with Gasteiger partial charge in [0.05, 0.1) is 17.1 Å². The van der Waals surface area contributed by atoms with Gasteiger partial charge in [0.2, 0.25) is 0 Å². The highest BCUT2D eigenvalue weighted by molar-refractivity contribution is 9.10. The van der Waals surface area contributed by atoms with E-state index in [2.05, 4.69) is 32.9 Å². The lowest BCUT2D eigenvalue weighted by atomic mass is 10.2. The molecule has 1 aliphatic rings. The largest absolute Gasteiger partial charge is 0.379 e. The summed E-state index contributed by atoms with van der Waals surface area (Å²) in [5.41, 5.74) is 0. The van der Waals surface area contributed by atoms with E-state index in [9.17, 15) is 0 Å². The van der Waals surface area contributed by atoms with Crippen LogP contribution in [-0.2, 0) is 4.74 Å². The fourth-order valence-corrected chi connectivity index (χ4v) is 2.17. The maximum atomic E-state index is 5.35. The second-order valence-corrected chi connectivity index (χ2v) is 4.29. The number of aromatic nitrogens is 1. The average molecular weight is 257 g/mol. The highest BCUT2D eigenvalue weighted by Crippen LogP contribution is 2.25. The van der Waals surface area contributed by atoms with Crippen molar-refractivity contribution < 1.29 is 4.74 Å². The zero-order chi connectivity index (χ0) is 9.97. The van der Waals surface area contributed by atoms with E-state index in [4.69, 9.17) is 4.74 Å². The molecular formula is C10H13BrN2O. The van der Waals surface area contributed by atoms with Crippen LogP contribution >= 0.6 is 15.9 Å². The molecule has 0 aromatic carbocycles. The van der Waals surface area contributed by atoms with Gasteiger partial charge in [-0.15, -0.1) is 0 Å². The van der Waals surface area contributed by atoms with Crippen molar-refractivity contribution in [1.82, 2.24) is 4.98 Å². The van der Waals surface area contributed by atoms with Crippen molar-refractivity contribution in [2.24, 2.45) is 0 Å². The Hall–Kier alpha value is -0.610. The Balaban J connectivity index is 2.17. The second-order valence-electron chi connectivity index (χ2n) is 3.44. The van der Waals surface area contributed by atoms with Crippen LogP contribution in [0, 0.1) is 0 Å². The second kappa shape index (κ2) is 4.28. The van der Waals surface area contributed by atoms with Gasteiger partial charge in [-0.1, -0.05) is 0 Å².